The predicted molar refractivity (Wildman–Crippen MR) is 92.2 cm³/mol. The standard InChI is InChI=1S/C20H17FN2O/c21-17-9-4-10-18(13-17)23-20(24)19(16-7-2-1-3-8-16)12-15-6-5-11-22-14-15/h1-11,13-14,19H,12H2,(H,23,24). The van der Waals surface area contributed by atoms with E-state index in [9.17, 15) is 9.18 Å². The largest absolute Gasteiger partial charge is 0.325 e. The van der Waals surface area contributed by atoms with Crippen molar-refractivity contribution in [1.82, 2.24) is 4.98 Å². The molecule has 1 aromatic heterocycles. The number of amides is 1. The molecule has 120 valence electrons. The van der Waals surface area contributed by atoms with Gasteiger partial charge in [-0.05, 0) is 41.8 Å². The van der Waals surface area contributed by atoms with Crippen molar-refractivity contribution in [3.05, 3.63) is 96.1 Å². The van der Waals surface area contributed by atoms with Crippen LogP contribution in [0.25, 0.3) is 0 Å². The Morgan fingerprint density at radius 2 is 1.88 bits per heavy atom. The van der Waals surface area contributed by atoms with Crippen molar-refractivity contribution in [2.45, 2.75) is 12.3 Å². The Kier molecular flexibility index (Phi) is 4.96. The highest BCUT2D eigenvalue weighted by molar-refractivity contribution is 5.96. The maximum Gasteiger partial charge on any atom is 0.232 e. The summed E-state index contributed by atoms with van der Waals surface area (Å²) in [5, 5.41) is 2.80. The van der Waals surface area contributed by atoms with Crippen LogP contribution in [0, 0.1) is 5.82 Å². The van der Waals surface area contributed by atoms with Crippen molar-refractivity contribution in [3.63, 3.8) is 0 Å². The van der Waals surface area contributed by atoms with Gasteiger partial charge >= 0.3 is 0 Å². The van der Waals surface area contributed by atoms with E-state index >= 15 is 0 Å². The minimum Gasteiger partial charge on any atom is -0.325 e. The maximum atomic E-state index is 13.3. The van der Waals surface area contributed by atoms with Crippen LogP contribution in [-0.2, 0) is 11.2 Å². The predicted octanol–water partition coefficient (Wildman–Crippen LogP) is 4.19. The second kappa shape index (κ2) is 7.51. The summed E-state index contributed by atoms with van der Waals surface area (Å²) in [6, 6.07) is 19.3. The molecule has 0 saturated carbocycles. The number of rotatable bonds is 5. The molecule has 3 nitrogen and oxygen atoms in total. The summed E-state index contributed by atoms with van der Waals surface area (Å²) in [6.45, 7) is 0. The van der Waals surface area contributed by atoms with Crippen LogP contribution in [0.3, 0.4) is 0 Å². The summed E-state index contributed by atoms with van der Waals surface area (Å²) in [5.74, 6) is -0.925. The number of nitrogens with one attached hydrogen (secondary N) is 1. The lowest BCUT2D eigenvalue weighted by Gasteiger charge is -2.17. The molecular formula is C20H17FN2O. The van der Waals surface area contributed by atoms with E-state index in [0.29, 0.717) is 12.1 Å². The molecule has 0 bridgehead atoms. The van der Waals surface area contributed by atoms with Crippen LogP contribution in [0.15, 0.2) is 79.1 Å². The fraction of sp³-hybridized carbons (Fsp3) is 0.100. The molecule has 24 heavy (non-hydrogen) atoms. The topological polar surface area (TPSA) is 42.0 Å². The van der Waals surface area contributed by atoms with Crippen molar-refractivity contribution in [3.8, 4) is 0 Å². The van der Waals surface area contributed by atoms with Gasteiger partial charge in [0, 0.05) is 18.1 Å². The van der Waals surface area contributed by atoms with Gasteiger partial charge in [0.15, 0.2) is 0 Å². The summed E-state index contributed by atoms with van der Waals surface area (Å²) in [4.78, 5) is 16.9. The molecule has 3 aromatic rings. The Morgan fingerprint density at radius 3 is 2.58 bits per heavy atom. The van der Waals surface area contributed by atoms with E-state index in [0.717, 1.165) is 11.1 Å². The first-order valence-corrected chi connectivity index (χ1v) is 7.72. The van der Waals surface area contributed by atoms with Gasteiger partial charge in [0.2, 0.25) is 5.91 Å². The lowest BCUT2D eigenvalue weighted by atomic mass is 9.91. The van der Waals surface area contributed by atoms with Gasteiger partial charge in [0.25, 0.3) is 0 Å². The van der Waals surface area contributed by atoms with Crippen LogP contribution in [0.4, 0.5) is 10.1 Å². The molecular weight excluding hydrogens is 303 g/mol. The number of carbonyl (C=O) groups excluding carboxylic acids is 1. The molecule has 0 fully saturated rings. The molecule has 0 aliphatic carbocycles. The molecule has 1 amide bonds. The van der Waals surface area contributed by atoms with Crippen LogP contribution in [0.1, 0.15) is 17.0 Å². The average Bonchev–Trinajstić information content (AvgIpc) is 2.61. The molecule has 0 spiro atoms. The van der Waals surface area contributed by atoms with Gasteiger partial charge in [-0.3, -0.25) is 9.78 Å². The number of aromatic nitrogens is 1. The highest BCUT2D eigenvalue weighted by Gasteiger charge is 2.21. The van der Waals surface area contributed by atoms with Crippen LogP contribution in [0.5, 0.6) is 0 Å². The SMILES string of the molecule is O=C(Nc1cccc(F)c1)C(Cc1cccnc1)c1ccccc1. The van der Waals surface area contributed by atoms with Crippen molar-refractivity contribution < 1.29 is 9.18 Å². The molecule has 0 aliphatic rings. The van der Waals surface area contributed by atoms with Gasteiger partial charge in [-0.15, -0.1) is 0 Å². The number of benzene rings is 2. The van der Waals surface area contributed by atoms with Gasteiger partial charge in [-0.1, -0.05) is 42.5 Å². The molecule has 0 saturated heterocycles. The molecule has 0 radical (unpaired) electrons. The number of carbonyl (C=O) groups is 1. The third kappa shape index (κ3) is 4.04. The lowest BCUT2D eigenvalue weighted by molar-refractivity contribution is -0.117. The highest BCUT2D eigenvalue weighted by atomic mass is 19.1. The van der Waals surface area contributed by atoms with E-state index in [2.05, 4.69) is 10.3 Å². The van der Waals surface area contributed by atoms with Crippen LogP contribution >= 0.6 is 0 Å². The highest BCUT2D eigenvalue weighted by Crippen LogP contribution is 2.23. The zero-order valence-corrected chi connectivity index (χ0v) is 13.0. The van der Waals surface area contributed by atoms with E-state index in [-0.39, 0.29) is 17.6 Å². The zero-order valence-electron chi connectivity index (χ0n) is 13.0. The first-order valence-electron chi connectivity index (χ1n) is 7.72. The number of halogens is 1. The fourth-order valence-electron chi connectivity index (χ4n) is 2.60. The summed E-state index contributed by atoms with van der Waals surface area (Å²) < 4.78 is 13.3. The van der Waals surface area contributed by atoms with Gasteiger partial charge in [-0.25, -0.2) is 4.39 Å². The molecule has 4 heteroatoms. The minimum absolute atomic E-state index is 0.171. The summed E-state index contributed by atoms with van der Waals surface area (Å²) in [7, 11) is 0. The zero-order chi connectivity index (χ0) is 16.8. The Balaban J connectivity index is 1.85. The Hall–Kier alpha value is -3.01. The van der Waals surface area contributed by atoms with E-state index in [4.69, 9.17) is 0 Å². The van der Waals surface area contributed by atoms with Gasteiger partial charge in [0.1, 0.15) is 5.82 Å². The second-order valence-corrected chi connectivity index (χ2v) is 5.53. The van der Waals surface area contributed by atoms with Crippen molar-refractivity contribution >= 4 is 11.6 Å². The van der Waals surface area contributed by atoms with E-state index in [1.165, 1.54) is 12.1 Å². The van der Waals surface area contributed by atoms with E-state index < -0.39 is 0 Å². The smallest absolute Gasteiger partial charge is 0.232 e. The number of pyridine rings is 1. The normalized spacial score (nSPS) is 11.7. The van der Waals surface area contributed by atoms with Crippen molar-refractivity contribution in [1.29, 1.82) is 0 Å². The maximum absolute atomic E-state index is 13.3. The van der Waals surface area contributed by atoms with Gasteiger partial charge < -0.3 is 5.32 Å². The van der Waals surface area contributed by atoms with Crippen LogP contribution in [0.2, 0.25) is 0 Å². The van der Waals surface area contributed by atoms with Gasteiger partial charge in [0.05, 0.1) is 5.92 Å². The van der Waals surface area contributed by atoms with Crippen LogP contribution < -0.4 is 5.32 Å². The molecule has 0 aliphatic heterocycles. The van der Waals surface area contributed by atoms with E-state index in [1.54, 1.807) is 24.5 Å². The quantitative estimate of drug-likeness (QED) is 0.766. The first kappa shape index (κ1) is 15.9. The molecule has 3 rings (SSSR count). The Bertz CT molecular complexity index is 806. The fourth-order valence-corrected chi connectivity index (χ4v) is 2.60. The Labute approximate surface area is 140 Å². The van der Waals surface area contributed by atoms with Crippen molar-refractivity contribution in [2.75, 3.05) is 5.32 Å². The van der Waals surface area contributed by atoms with Crippen molar-refractivity contribution in [2.24, 2.45) is 0 Å². The average molecular weight is 320 g/mol. The van der Waals surface area contributed by atoms with Gasteiger partial charge in [-0.2, -0.15) is 0 Å². The molecule has 2 aromatic carbocycles. The minimum atomic E-state index is -0.378. The number of anilines is 1. The Morgan fingerprint density at radius 1 is 1.04 bits per heavy atom. The number of nitrogens with zero attached hydrogens (tertiary/aromatic N) is 1. The summed E-state index contributed by atoms with van der Waals surface area (Å²) in [6.07, 6.45) is 3.98. The summed E-state index contributed by atoms with van der Waals surface area (Å²) in [5.41, 5.74) is 2.34. The molecule has 1 unspecified atom stereocenters. The lowest BCUT2D eigenvalue weighted by Crippen LogP contribution is -2.23. The number of hydrogen-bond acceptors (Lipinski definition) is 2. The third-order valence-electron chi connectivity index (χ3n) is 3.77. The molecule has 1 N–H and O–H groups in total. The van der Waals surface area contributed by atoms with Crippen LogP contribution in [-0.4, -0.2) is 10.9 Å². The number of hydrogen-bond donors (Lipinski definition) is 1. The second-order valence-electron chi connectivity index (χ2n) is 5.53. The molecule has 1 atom stereocenters. The summed E-state index contributed by atoms with van der Waals surface area (Å²) >= 11 is 0. The first-order chi connectivity index (χ1) is 11.7. The molecule has 1 heterocycles. The third-order valence-corrected chi connectivity index (χ3v) is 3.77. The monoisotopic (exact) mass is 320 g/mol. The van der Waals surface area contributed by atoms with E-state index in [1.807, 2.05) is 42.5 Å².